The molecule has 0 aliphatic carbocycles. The Morgan fingerprint density at radius 2 is 2.18 bits per heavy atom. The van der Waals surface area contributed by atoms with E-state index in [4.69, 9.17) is 4.74 Å². The number of piperidine rings is 1. The summed E-state index contributed by atoms with van der Waals surface area (Å²) < 4.78 is 5.86. The van der Waals surface area contributed by atoms with Crippen LogP contribution in [0.2, 0.25) is 0 Å². The molecular weight excluding hydrogens is 348 g/mol. The van der Waals surface area contributed by atoms with Crippen LogP contribution in [0.3, 0.4) is 0 Å². The summed E-state index contributed by atoms with van der Waals surface area (Å²) in [6.07, 6.45) is 4.38. The second-order valence-corrected chi connectivity index (χ2v) is 6.35. The number of hydrogen-bond donors (Lipinski definition) is 1. The summed E-state index contributed by atoms with van der Waals surface area (Å²) in [5.41, 5.74) is 0.347. The third-order valence-corrected chi connectivity index (χ3v) is 3.37. The lowest BCUT2D eigenvalue weighted by molar-refractivity contribution is -0.122. The van der Waals surface area contributed by atoms with E-state index >= 15 is 0 Å². The van der Waals surface area contributed by atoms with Crippen LogP contribution < -0.4 is 5.32 Å². The van der Waals surface area contributed by atoms with E-state index in [9.17, 15) is 9.59 Å². The lowest BCUT2D eigenvalue weighted by atomic mass is 9.94. The Bertz CT molecular complexity index is 427. The Morgan fingerprint density at radius 1 is 1.55 bits per heavy atom. The van der Waals surface area contributed by atoms with Crippen LogP contribution in [0.25, 0.3) is 0 Å². The Hall–Kier alpha value is -1.14. The average Bonchev–Trinajstić information content (AvgIpc) is 2.48. The van der Waals surface area contributed by atoms with Gasteiger partial charge in [-0.1, -0.05) is 29.8 Å². The van der Waals surface area contributed by atoms with Crippen LogP contribution in [0.4, 0.5) is 0 Å². The number of halogens is 1. The maximum atomic E-state index is 12.1. The third kappa shape index (κ3) is 6.75. The molecule has 0 bridgehead atoms. The smallest absolute Gasteiger partial charge is 0.186 e. The molecule has 126 valence electrons. The summed E-state index contributed by atoms with van der Waals surface area (Å²) in [7, 11) is 3.36. The molecule has 0 radical (unpaired) electrons. The van der Waals surface area contributed by atoms with E-state index in [0.717, 1.165) is 17.4 Å². The van der Waals surface area contributed by atoms with Gasteiger partial charge >= 0.3 is 0 Å². The first-order valence-corrected chi connectivity index (χ1v) is 8.24. The fourth-order valence-corrected chi connectivity index (χ4v) is 2.26. The monoisotopic (exact) mass is 374 g/mol. The van der Waals surface area contributed by atoms with Crippen LogP contribution in [0, 0.1) is 5.92 Å². The topological polar surface area (TPSA) is 58.6 Å². The van der Waals surface area contributed by atoms with Gasteiger partial charge in [0.2, 0.25) is 0 Å². The first kappa shape index (κ1) is 20.9. The number of hydrogen-bond acceptors (Lipinski definition) is 5. The summed E-state index contributed by atoms with van der Waals surface area (Å²) in [4.78, 5) is 24.8. The molecule has 0 saturated carbocycles. The second kappa shape index (κ2) is 11.4. The number of methoxy groups -OCH3 is 1. The van der Waals surface area contributed by atoms with E-state index in [0.29, 0.717) is 18.5 Å². The minimum absolute atomic E-state index is 0.0507. The van der Waals surface area contributed by atoms with Gasteiger partial charge in [-0.3, -0.25) is 9.59 Å². The highest BCUT2D eigenvalue weighted by Gasteiger charge is 2.31. The van der Waals surface area contributed by atoms with Gasteiger partial charge < -0.3 is 15.0 Å². The van der Waals surface area contributed by atoms with Crippen molar-refractivity contribution >= 4 is 28.0 Å². The highest BCUT2D eigenvalue weighted by atomic mass is 79.9. The normalized spacial score (nSPS) is 21.0. The summed E-state index contributed by atoms with van der Waals surface area (Å²) >= 11 is 3.32. The van der Waals surface area contributed by atoms with Crippen molar-refractivity contribution < 1.29 is 14.3 Å². The molecule has 0 spiro atoms. The number of carbonyl (C=O) groups excluding carboxylic acids is 2. The SMILES string of the molecule is CCCNC.CO/C(C=O)=C1\C(=O)C(C)CCN1/C=C(\C)Br. The third-order valence-electron chi connectivity index (χ3n) is 3.17. The first-order valence-electron chi connectivity index (χ1n) is 7.45. The zero-order chi connectivity index (χ0) is 17.1. The lowest BCUT2D eigenvalue weighted by Gasteiger charge is -2.31. The van der Waals surface area contributed by atoms with Crippen molar-refractivity contribution in [2.24, 2.45) is 5.92 Å². The number of likely N-dealkylation sites (tertiary alicyclic amines) is 1. The molecule has 1 N–H and O–H groups in total. The fraction of sp³-hybridized carbons (Fsp3) is 0.625. The van der Waals surface area contributed by atoms with Crippen LogP contribution >= 0.6 is 15.9 Å². The molecule has 1 aliphatic heterocycles. The van der Waals surface area contributed by atoms with Gasteiger partial charge in [-0.25, -0.2) is 0 Å². The van der Waals surface area contributed by atoms with Crippen molar-refractivity contribution in [2.45, 2.75) is 33.6 Å². The van der Waals surface area contributed by atoms with Crippen LogP contribution in [0.15, 0.2) is 22.1 Å². The minimum Gasteiger partial charge on any atom is -0.491 e. The van der Waals surface area contributed by atoms with Crippen molar-refractivity contribution in [3.63, 3.8) is 0 Å². The summed E-state index contributed by atoms with van der Waals surface area (Å²) in [6, 6.07) is 0. The number of allylic oxidation sites excluding steroid dienone is 3. The maximum Gasteiger partial charge on any atom is 0.186 e. The molecule has 1 aliphatic rings. The zero-order valence-electron chi connectivity index (χ0n) is 14.1. The second-order valence-electron chi connectivity index (χ2n) is 5.10. The van der Waals surface area contributed by atoms with Gasteiger partial charge in [0.05, 0.1) is 7.11 Å². The van der Waals surface area contributed by atoms with E-state index in [1.165, 1.54) is 13.5 Å². The van der Waals surface area contributed by atoms with Crippen molar-refractivity contribution in [2.75, 3.05) is 27.2 Å². The van der Waals surface area contributed by atoms with Crippen molar-refractivity contribution in [3.8, 4) is 0 Å². The van der Waals surface area contributed by atoms with Gasteiger partial charge in [-0.2, -0.15) is 0 Å². The number of carbonyl (C=O) groups is 2. The van der Waals surface area contributed by atoms with E-state index in [1.54, 1.807) is 11.1 Å². The number of ketones is 1. The first-order chi connectivity index (χ1) is 10.4. The zero-order valence-corrected chi connectivity index (χ0v) is 15.7. The highest BCUT2D eigenvalue weighted by molar-refractivity contribution is 9.11. The molecule has 6 heteroatoms. The molecule has 0 amide bonds. The van der Waals surface area contributed by atoms with Gasteiger partial charge in [-0.15, -0.1) is 0 Å². The number of Topliss-reactive ketones (excluding diaryl/α,β-unsaturated/α-hetero) is 1. The van der Waals surface area contributed by atoms with Gasteiger partial charge in [0.1, 0.15) is 5.70 Å². The maximum absolute atomic E-state index is 12.1. The Balaban J connectivity index is 0.000000763. The molecule has 22 heavy (non-hydrogen) atoms. The molecule has 1 unspecified atom stereocenters. The van der Waals surface area contributed by atoms with Gasteiger partial charge in [0.25, 0.3) is 0 Å². The molecule has 1 rings (SSSR count). The van der Waals surface area contributed by atoms with E-state index in [1.807, 2.05) is 20.9 Å². The lowest BCUT2D eigenvalue weighted by Crippen LogP contribution is -2.36. The minimum atomic E-state index is -0.0737. The van der Waals surface area contributed by atoms with E-state index < -0.39 is 0 Å². The molecule has 0 aromatic heterocycles. The fourth-order valence-electron chi connectivity index (χ4n) is 2.01. The van der Waals surface area contributed by atoms with Gasteiger partial charge in [-0.05, 0) is 33.4 Å². The standard InChI is InChI=1S/C12H16BrNO3.C4H11N/c1-8-4-5-14(6-9(2)13)11(12(8)16)10(7-15)17-3;1-3-4-5-2/h6-8H,4-5H2,1-3H3;5H,3-4H2,1-2H3/b9-6+,11-10+;. The number of nitrogens with zero attached hydrogens (tertiary/aromatic N) is 1. The number of nitrogens with one attached hydrogen (secondary N) is 1. The Labute approximate surface area is 141 Å². The van der Waals surface area contributed by atoms with Crippen molar-refractivity contribution in [3.05, 3.63) is 22.1 Å². The van der Waals surface area contributed by atoms with Crippen LogP contribution in [0.1, 0.15) is 33.6 Å². The van der Waals surface area contributed by atoms with Crippen LogP contribution in [-0.4, -0.2) is 44.2 Å². The molecule has 1 atom stereocenters. The molecule has 1 fully saturated rings. The summed E-state index contributed by atoms with van der Waals surface area (Å²) in [5, 5.41) is 3.02. The molecule has 5 nitrogen and oxygen atoms in total. The predicted molar refractivity (Wildman–Crippen MR) is 92.5 cm³/mol. The largest absolute Gasteiger partial charge is 0.491 e. The average molecular weight is 375 g/mol. The molecular formula is C16H27BrN2O3. The number of ether oxygens (including phenoxy) is 1. The Kier molecular flexibility index (Phi) is 10.8. The number of rotatable bonds is 5. The van der Waals surface area contributed by atoms with Crippen LogP contribution in [0.5, 0.6) is 0 Å². The number of aldehydes is 1. The molecule has 0 aromatic rings. The summed E-state index contributed by atoms with van der Waals surface area (Å²) in [6.45, 7) is 7.72. The van der Waals surface area contributed by atoms with E-state index in [-0.39, 0.29) is 17.5 Å². The van der Waals surface area contributed by atoms with E-state index in [2.05, 4.69) is 28.2 Å². The van der Waals surface area contributed by atoms with Gasteiger partial charge in [0, 0.05) is 23.1 Å². The van der Waals surface area contributed by atoms with Crippen LogP contribution in [-0.2, 0) is 14.3 Å². The predicted octanol–water partition coefficient (Wildman–Crippen LogP) is 2.83. The highest BCUT2D eigenvalue weighted by Crippen LogP contribution is 2.26. The Morgan fingerprint density at radius 3 is 2.55 bits per heavy atom. The quantitative estimate of drug-likeness (QED) is 0.455. The molecule has 1 heterocycles. The molecule has 1 saturated heterocycles. The molecule has 0 aromatic carbocycles. The van der Waals surface area contributed by atoms with Crippen molar-refractivity contribution in [1.82, 2.24) is 10.2 Å². The van der Waals surface area contributed by atoms with Crippen molar-refractivity contribution in [1.29, 1.82) is 0 Å². The van der Waals surface area contributed by atoms with Gasteiger partial charge in [0.15, 0.2) is 17.8 Å². The summed E-state index contributed by atoms with van der Waals surface area (Å²) in [5.74, 6) is -0.0351.